The first-order chi connectivity index (χ1) is 13.3. The van der Waals surface area contributed by atoms with Crippen LogP contribution < -0.4 is 16.0 Å². The molecule has 5 aliphatic rings. The molecule has 5 unspecified atom stereocenters. The predicted octanol–water partition coefficient (Wildman–Crippen LogP) is 1.92. The summed E-state index contributed by atoms with van der Waals surface area (Å²) >= 11 is 12.3. The number of amides is 2. The van der Waals surface area contributed by atoms with Crippen LogP contribution >= 0.6 is 23.2 Å². The van der Waals surface area contributed by atoms with E-state index in [9.17, 15) is 9.59 Å². The van der Waals surface area contributed by atoms with E-state index in [0.29, 0.717) is 12.3 Å². The lowest BCUT2D eigenvalue weighted by Crippen LogP contribution is -2.84. The van der Waals surface area contributed by atoms with Crippen LogP contribution in [0.1, 0.15) is 51.9 Å². The molecule has 0 spiro atoms. The van der Waals surface area contributed by atoms with E-state index >= 15 is 0 Å². The van der Waals surface area contributed by atoms with E-state index in [4.69, 9.17) is 27.9 Å². The Hall–Kier alpha value is -0.560. The van der Waals surface area contributed by atoms with E-state index in [0.717, 1.165) is 51.6 Å². The monoisotopic (exact) mass is 431 g/mol. The first-order valence-corrected chi connectivity index (χ1v) is 11.4. The molecular formula is C20H31Cl2N3O3. The summed E-state index contributed by atoms with van der Waals surface area (Å²) in [6, 6.07) is 0. The van der Waals surface area contributed by atoms with E-state index in [2.05, 4.69) is 22.9 Å². The van der Waals surface area contributed by atoms with Gasteiger partial charge in [-0.1, -0.05) is 6.92 Å². The Morgan fingerprint density at radius 3 is 2.43 bits per heavy atom. The summed E-state index contributed by atoms with van der Waals surface area (Å²) in [6.07, 6.45) is 5.80. The highest BCUT2D eigenvalue weighted by molar-refractivity contribution is 6.30. The van der Waals surface area contributed by atoms with Crippen molar-refractivity contribution < 1.29 is 14.3 Å². The van der Waals surface area contributed by atoms with Crippen molar-refractivity contribution in [3.63, 3.8) is 0 Å². The second-order valence-electron chi connectivity index (χ2n) is 9.60. The van der Waals surface area contributed by atoms with Crippen LogP contribution in [0, 0.1) is 11.8 Å². The van der Waals surface area contributed by atoms with E-state index in [1.807, 2.05) is 0 Å². The summed E-state index contributed by atoms with van der Waals surface area (Å²) in [6.45, 7) is 3.99. The van der Waals surface area contributed by atoms with Gasteiger partial charge in [-0.25, -0.2) is 0 Å². The maximum Gasteiger partial charge on any atom is 0.246 e. The number of piperidine rings is 1. The molecule has 4 saturated carbocycles. The van der Waals surface area contributed by atoms with Gasteiger partial charge in [0.1, 0.15) is 6.61 Å². The van der Waals surface area contributed by atoms with Crippen molar-refractivity contribution in [3.05, 3.63) is 0 Å². The first kappa shape index (κ1) is 20.7. The van der Waals surface area contributed by atoms with Crippen LogP contribution in [0.3, 0.4) is 0 Å². The zero-order valence-corrected chi connectivity index (χ0v) is 18.0. The van der Waals surface area contributed by atoms with Crippen LogP contribution in [0.4, 0.5) is 0 Å². The molecular weight excluding hydrogens is 401 g/mol. The minimum absolute atomic E-state index is 0.00452. The molecule has 5 atom stereocenters. The SMILES string of the molecule is CC1CNCC(C(=O)NC23CC(NC(=O)COC4CCC(Cl)C(Cl)C4)(C2)C3)C1. The van der Waals surface area contributed by atoms with Crippen molar-refractivity contribution in [3.8, 4) is 0 Å². The van der Waals surface area contributed by atoms with Crippen LogP contribution in [-0.2, 0) is 14.3 Å². The summed E-state index contributed by atoms with van der Waals surface area (Å²) in [5, 5.41) is 9.60. The topological polar surface area (TPSA) is 79.5 Å². The Balaban J connectivity index is 1.15. The number of carbonyl (C=O) groups is 2. The second kappa shape index (κ2) is 7.93. The summed E-state index contributed by atoms with van der Waals surface area (Å²) < 4.78 is 5.74. The minimum atomic E-state index is -0.144. The molecule has 1 aliphatic heterocycles. The number of carbonyl (C=O) groups excluding carboxylic acids is 2. The fraction of sp³-hybridized carbons (Fsp3) is 0.900. The lowest BCUT2D eigenvalue weighted by molar-refractivity contribution is -0.155. The third-order valence-corrected chi connectivity index (χ3v) is 7.99. The molecule has 0 aromatic rings. The molecule has 1 saturated heterocycles. The Morgan fingerprint density at radius 1 is 1.04 bits per heavy atom. The molecule has 8 heteroatoms. The van der Waals surface area contributed by atoms with Crippen LogP contribution in [0.2, 0.25) is 0 Å². The number of hydrogen-bond acceptors (Lipinski definition) is 4. The van der Waals surface area contributed by atoms with Gasteiger partial charge in [-0.15, -0.1) is 23.2 Å². The van der Waals surface area contributed by atoms with E-state index in [-0.39, 0.29) is 52.3 Å². The first-order valence-electron chi connectivity index (χ1n) is 10.5. The predicted molar refractivity (Wildman–Crippen MR) is 109 cm³/mol. The number of hydrogen-bond donors (Lipinski definition) is 3. The van der Waals surface area contributed by atoms with Crippen LogP contribution in [0.5, 0.6) is 0 Å². The average molecular weight is 432 g/mol. The fourth-order valence-electron chi connectivity index (χ4n) is 5.49. The Labute approximate surface area is 176 Å². The molecule has 158 valence electrons. The summed E-state index contributed by atoms with van der Waals surface area (Å²) in [5.74, 6) is 0.680. The molecule has 5 fully saturated rings. The quantitative estimate of drug-likeness (QED) is 0.561. The summed E-state index contributed by atoms with van der Waals surface area (Å²) in [7, 11) is 0. The molecule has 6 nitrogen and oxygen atoms in total. The van der Waals surface area contributed by atoms with Gasteiger partial charge in [-0.3, -0.25) is 9.59 Å². The van der Waals surface area contributed by atoms with Crippen molar-refractivity contribution in [2.45, 2.75) is 79.8 Å². The van der Waals surface area contributed by atoms with Gasteiger partial charge in [-0.05, 0) is 57.4 Å². The van der Waals surface area contributed by atoms with Crippen molar-refractivity contribution in [2.75, 3.05) is 19.7 Å². The molecule has 0 radical (unpaired) electrons. The highest BCUT2D eigenvalue weighted by Gasteiger charge is 2.69. The number of rotatable bonds is 6. The van der Waals surface area contributed by atoms with Gasteiger partial charge in [0.2, 0.25) is 11.8 Å². The van der Waals surface area contributed by atoms with Crippen molar-refractivity contribution in [1.82, 2.24) is 16.0 Å². The number of ether oxygens (including phenoxy) is 1. The van der Waals surface area contributed by atoms with Crippen LogP contribution in [0.15, 0.2) is 0 Å². The molecule has 0 aromatic carbocycles. The maximum atomic E-state index is 12.6. The lowest BCUT2D eigenvalue weighted by atomic mass is 9.44. The third kappa shape index (κ3) is 4.30. The zero-order valence-electron chi connectivity index (χ0n) is 16.4. The van der Waals surface area contributed by atoms with Crippen molar-refractivity contribution >= 4 is 35.0 Å². The van der Waals surface area contributed by atoms with Crippen LogP contribution in [0.25, 0.3) is 0 Å². The van der Waals surface area contributed by atoms with Gasteiger partial charge < -0.3 is 20.7 Å². The van der Waals surface area contributed by atoms with E-state index in [1.54, 1.807) is 0 Å². The molecule has 3 N–H and O–H groups in total. The number of nitrogens with one attached hydrogen (secondary N) is 3. The Kier molecular flexibility index (Phi) is 5.87. The van der Waals surface area contributed by atoms with Crippen molar-refractivity contribution in [1.29, 1.82) is 0 Å². The molecule has 4 aliphatic carbocycles. The Morgan fingerprint density at radius 2 is 1.75 bits per heavy atom. The van der Waals surface area contributed by atoms with Crippen LogP contribution in [-0.4, -0.2) is 59.4 Å². The van der Waals surface area contributed by atoms with Gasteiger partial charge in [0, 0.05) is 17.6 Å². The molecule has 2 bridgehead atoms. The lowest BCUT2D eigenvalue weighted by Gasteiger charge is -2.70. The maximum absolute atomic E-state index is 12.6. The average Bonchev–Trinajstić information content (AvgIpc) is 2.59. The smallest absolute Gasteiger partial charge is 0.246 e. The zero-order chi connectivity index (χ0) is 19.9. The highest BCUT2D eigenvalue weighted by atomic mass is 35.5. The normalized spacial score (nSPS) is 44.8. The molecule has 2 amide bonds. The molecule has 1 heterocycles. The Bertz CT molecular complexity index is 612. The largest absolute Gasteiger partial charge is 0.368 e. The summed E-state index contributed by atoms with van der Waals surface area (Å²) in [4.78, 5) is 24.8. The van der Waals surface area contributed by atoms with Gasteiger partial charge in [-0.2, -0.15) is 0 Å². The molecule has 5 rings (SSSR count). The van der Waals surface area contributed by atoms with Crippen molar-refractivity contribution in [2.24, 2.45) is 11.8 Å². The van der Waals surface area contributed by atoms with Gasteiger partial charge in [0.05, 0.1) is 22.8 Å². The minimum Gasteiger partial charge on any atom is -0.368 e. The van der Waals surface area contributed by atoms with Gasteiger partial charge in [0.15, 0.2) is 0 Å². The van der Waals surface area contributed by atoms with Gasteiger partial charge >= 0.3 is 0 Å². The number of alkyl halides is 2. The standard InChI is InChI=1S/C20H31Cl2N3O3/c1-12-4-13(7-23-6-12)18(27)25-20-9-19(10-20,11-20)24-17(26)8-28-14-2-3-15(21)16(22)5-14/h12-16,23H,2-11H2,1H3,(H,24,26)(H,25,27). The third-order valence-electron chi connectivity index (χ3n) is 6.86. The summed E-state index contributed by atoms with van der Waals surface area (Å²) in [5.41, 5.74) is -0.245. The second-order valence-corrected chi connectivity index (χ2v) is 10.7. The number of halogens is 2. The van der Waals surface area contributed by atoms with Gasteiger partial charge in [0.25, 0.3) is 0 Å². The molecule has 0 aromatic heterocycles. The highest BCUT2D eigenvalue weighted by Crippen LogP contribution is 2.60. The molecule has 28 heavy (non-hydrogen) atoms. The van der Waals surface area contributed by atoms with E-state index in [1.165, 1.54) is 0 Å². The fourth-order valence-corrected chi connectivity index (χ4v) is 6.05. The van der Waals surface area contributed by atoms with E-state index < -0.39 is 0 Å².